The predicted molar refractivity (Wildman–Crippen MR) is 101 cm³/mol. The van der Waals surface area contributed by atoms with Gasteiger partial charge in [0.05, 0.1) is 32.3 Å². The number of aromatic nitrogens is 3. The standard InChI is InChI=1S/C18H23N3O8/c1-11(2)14(22)27-7-5-19-16(24)20(6-8-28-15(23)12(3)4)18(26)21(17(19)25)9-13-10-29-13/h13H,1,3,5-10H2,2,4H3. The van der Waals surface area contributed by atoms with Crippen LogP contribution in [-0.2, 0) is 43.4 Å². The van der Waals surface area contributed by atoms with E-state index in [2.05, 4.69) is 13.2 Å². The first-order chi connectivity index (χ1) is 13.6. The lowest BCUT2D eigenvalue weighted by molar-refractivity contribution is -0.140. The zero-order valence-electron chi connectivity index (χ0n) is 16.3. The highest BCUT2D eigenvalue weighted by Gasteiger charge is 2.26. The van der Waals surface area contributed by atoms with Crippen molar-refractivity contribution in [1.29, 1.82) is 0 Å². The van der Waals surface area contributed by atoms with E-state index in [1.165, 1.54) is 13.8 Å². The summed E-state index contributed by atoms with van der Waals surface area (Å²) in [7, 11) is 0. The van der Waals surface area contributed by atoms with Crippen LogP contribution in [0.3, 0.4) is 0 Å². The van der Waals surface area contributed by atoms with Crippen molar-refractivity contribution in [1.82, 2.24) is 13.7 Å². The van der Waals surface area contributed by atoms with Crippen LogP contribution in [0.5, 0.6) is 0 Å². The zero-order chi connectivity index (χ0) is 21.7. The molecule has 1 fully saturated rings. The minimum atomic E-state index is -0.897. The van der Waals surface area contributed by atoms with Crippen LogP contribution in [0, 0.1) is 0 Å². The molecule has 0 saturated carbocycles. The fourth-order valence-electron chi connectivity index (χ4n) is 2.30. The van der Waals surface area contributed by atoms with Gasteiger partial charge in [-0.25, -0.2) is 37.7 Å². The molecule has 0 radical (unpaired) electrons. The molecule has 2 rings (SSSR count). The minimum absolute atomic E-state index is 0.0188. The third-order valence-corrected chi connectivity index (χ3v) is 3.97. The van der Waals surface area contributed by atoms with Gasteiger partial charge in [-0.3, -0.25) is 0 Å². The molecule has 1 aromatic rings. The first-order valence-electron chi connectivity index (χ1n) is 8.84. The Morgan fingerprint density at radius 2 is 1.28 bits per heavy atom. The normalized spacial score (nSPS) is 14.9. The fraction of sp³-hybridized carbons (Fsp3) is 0.500. The molecule has 0 aromatic carbocycles. The van der Waals surface area contributed by atoms with E-state index >= 15 is 0 Å². The summed E-state index contributed by atoms with van der Waals surface area (Å²) >= 11 is 0. The van der Waals surface area contributed by atoms with Crippen LogP contribution in [0.15, 0.2) is 38.7 Å². The molecule has 1 aliphatic rings. The first-order valence-corrected chi connectivity index (χ1v) is 8.84. The van der Waals surface area contributed by atoms with Crippen molar-refractivity contribution in [2.75, 3.05) is 19.8 Å². The number of hydrogen-bond donors (Lipinski definition) is 0. The molecule has 1 atom stereocenters. The predicted octanol–water partition coefficient (Wildman–Crippen LogP) is -1.19. The number of rotatable bonds is 10. The van der Waals surface area contributed by atoms with E-state index in [1.807, 2.05) is 0 Å². The molecule has 1 aromatic heterocycles. The molecule has 29 heavy (non-hydrogen) atoms. The van der Waals surface area contributed by atoms with E-state index in [9.17, 15) is 24.0 Å². The van der Waals surface area contributed by atoms with Gasteiger partial charge in [-0.2, -0.15) is 0 Å². The van der Waals surface area contributed by atoms with Crippen LogP contribution in [0.4, 0.5) is 0 Å². The Kier molecular flexibility index (Phi) is 7.10. The highest BCUT2D eigenvalue weighted by atomic mass is 16.6. The molecule has 11 heteroatoms. The van der Waals surface area contributed by atoms with Gasteiger partial charge in [-0.1, -0.05) is 13.2 Å². The third-order valence-electron chi connectivity index (χ3n) is 3.97. The summed E-state index contributed by atoms with van der Waals surface area (Å²) in [4.78, 5) is 60.8. The average Bonchev–Trinajstić information content (AvgIpc) is 3.48. The highest BCUT2D eigenvalue weighted by Crippen LogP contribution is 2.09. The molecule has 1 unspecified atom stereocenters. The van der Waals surface area contributed by atoms with Crippen molar-refractivity contribution in [2.24, 2.45) is 0 Å². The summed E-state index contributed by atoms with van der Waals surface area (Å²) in [6, 6.07) is 0. The van der Waals surface area contributed by atoms with Crippen LogP contribution < -0.4 is 17.1 Å². The maximum absolute atomic E-state index is 12.6. The molecule has 0 spiro atoms. The molecule has 2 heterocycles. The second-order valence-electron chi connectivity index (χ2n) is 6.55. The maximum atomic E-state index is 12.6. The van der Waals surface area contributed by atoms with E-state index in [-0.39, 0.29) is 50.1 Å². The second-order valence-corrected chi connectivity index (χ2v) is 6.55. The van der Waals surface area contributed by atoms with Crippen molar-refractivity contribution in [3.63, 3.8) is 0 Å². The summed E-state index contributed by atoms with van der Waals surface area (Å²) < 4.78 is 17.4. The molecular weight excluding hydrogens is 386 g/mol. The topological polar surface area (TPSA) is 131 Å². The van der Waals surface area contributed by atoms with Gasteiger partial charge in [-0.05, 0) is 13.8 Å². The van der Waals surface area contributed by atoms with Gasteiger partial charge >= 0.3 is 29.0 Å². The molecule has 11 nitrogen and oxygen atoms in total. The van der Waals surface area contributed by atoms with Crippen LogP contribution in [0.1, 0.15) is 13.8 Å². The smallest absolute Gasteiger partial charge is 0.336 e. The monoisotopic (exact) mass is 409 g/mol. The largest absolute Gasteiger partial charge is 0.460 e. The average molecular weight is 409 g/mol. The zero-order valence-corrected chi connectivity index (χ0v) is 16.3. The number of epoxide rings is 1. The Morgan fingerprint density at radius 1 is 0.897 bits per heavy atom. The van der Waals surface area contributed by atoms with Gasteiger partial charge in [0, 0.05) is 11.1 Å². The summed E-state index contributed by atoms with van der Waals surface area (Å²) in [5.74, 6) is -1.32. The molecule has 0 aliphatic carbocycles. The van der Waals surface area contributed by atoms with Gasteiger partial charge in [0.1, 0.15) is 13.2 Å². The SMILES string of the molecule is C=C(C)C(=O)OCCn1c(=O)n(CCOC(=O)C(=C)C)c(=O)n(CC2CO2)c1=O. The number of ether oxygens (including phenoxy) is 3. The summed E-state index contributed by atoms with van der Waals surface area (Å²) in [5.41, 5.74) is -2.23. The van der Waals surface area contributed by atoms with Crippen molar-refractivity contribution in [3.8, 4) is 0 Å². The van der Waals surface area contributed by atoms with Crippen LogP contribution in [0.25, 0.3) is 0 Å². The molecule has 0 bridgehead atoms. The lowest BCUT2D eigenvalue weighted by Gasteiger charge is -2.14. The first kappa shape index (κ1) is 22.1. The van der Waals surface area contributed by atoms with Gasteiger partial charge in [0.25, 0.3) is 0 Å². The second kappa shape index (κ2) is 9.32. The van der Waals surface area contributed by atoms with Crippen LogP contribution in [0.2, 0.25) is 0 Å². The Bertz CT molecular complexity index is 939. The number of esters is 2. The lowest BCUT2D eigenvalue weighted by atomic mass is 10.4. The molecular formula is C18H23N3O8. The van der Waals surface area contributed by atoms with E-state index < -0.39 is 29.0 Å². The molecule has 1 aliphatic heterocycles. The number of hydrogen-bond acceptors (Lipinski definition) is 8. The fourth-order valence-corrected chi connectivity index (χ4v) is 2.30. The summed E-state index contributed by atoms with van der Waals surface area (Å²) in [6.45, 7) is 9.15. The van der Waals surface area contributed by atoms with Crippen LogP contribution >= 0.6 is 0 Å². The summed E-state index contributed by atoms with van der Waals surface area (Å²) in [5, 5.41) is 0. The van der Waals surface area contributed by atoms with Crippen LogP contribution in [-0.4, -0.2) is 51.6 Å². The van der Waals surface area contributed by atoms with Crippen molar-refractivity contribution < 1.29 is 23.8 Å². The lowest BCUT2D eigenvalue weighted by Crippen LogP contribution is -2.55. The molecule has 158 valence electrons. The summed E-state index contributed by atoms with van der Waals surface area (Å²) in [6.07, 6.45) is -0.290. The number of nitrogens with zero attached hydrogens (tertiary/aromatic N) is 3. The Hall–Kier alpha value is -3.21. The molecule has 0 N–H and O–H groups in total. The number of carbonyl (C=O) groups excluding carboxylic acids is 2. The van der Waals surface area contributed by atoms with Crippen molar-refractivity contribution in [2.45, 2.75) is 39.6 Å². The third kappa shape index (κ3) is 5.64. The van der Waals surface area contributed by atoms with Crippen molar-refractivity contribution in [3.05, 3.63) is 55.8 Å². The van der Waals surface area contributed by atoms with E-state index in [4.69, 9.17) is 14.2 Å². The quantitative estimate of drug-likeness (QED) is 0.268. The van der Waals surface area contributed by atoms with E-state index in [1.54, 1.807) is 0 Å². The van der Waals surface area contributed by atoms with Gasteiger partial charge in [0.2, 0.25) is 0 Å². The highest BCUT2D eigenvalue weighted by molar-refractivity contribution is 5.87. The molecule has 0 amide bonds. The Balaban J connectivity index is 2.29. The van der Waals surface area contributed by atoms with Gasteiger partial charge in [-0.15, -0.1) is 0 Å². The van der Waals surface area contributed by atoms with E-state index in [0.717, 1.165) is 13.7 Å². The van der Waals surface area contributed by atoms with Gasteiger partial charge < -0.3 is 14.2 Å². The van der Waals surface area contributed by atoms with E-state index in [0.29, 0.717) is 6.61 Å². The Morgan fingerprint density at radius 3 is 1.62 bits per heavy atom. The molecule has 1 saturated heterocycles. The Labute approximate surface area is 165 Å². The van der Waals surface area contributed by atoms with Crippen molar-refractivity contribution >= 4 is 11.9 Å². The maximum Gasteiger partial charge on any atom is 0.336 e. The van der Waals surface area contributed by atoms with Gasteiger partial charge in [0.15, 0.2) is 0 Å². The minimum Gasteiger partial charge on any atom is -0.460 e. The number of carbonyl (C=O) groups is 2.